The smallest absolute Gasteiger partial charge is 0.328 e. The monoisotopic (exact) mass is 290 g/mol. The summed E-state index contributed by atoms with van der Waals surface area (Å²) in [5, 5.41) is 10.3. The quantitative estimate of drug-likeness (QED) is 0.796. The van der Waals surface area contributed by atoms with Crippen molar-refractivity contribution >= 4 is 11.0 Å². The number of unbranched alkanes of at least 4 members (excludes halogenated alkanes) is 4. The lowest BCUT2D eigenvalue weighted by atomic mass is 10.0. The van der Waals surface area contributed by atoms with Gasteiger partial charge >= 0.3 is 5.69 Å². The number of hydrogen-bond donors (Lipinski definition) is 1. The Labute approximate surface area is 126 Å². The fraction of sp³-hybridized carbons (Fsp3) is 0.588. The average Bonchev–Trinajstić information content (AvgIpc) is 2.71. The van der Waals surface area contributed by atoms with Crippen LogP contribution in [0.3, 0.4) is 0 Å². The van der Waals surface area contributed by atoms with E-state index in [4.69, 9.17) is 0 Å². The van der Waals surface area contributed by atoms with E-state index < -0.39 is 6.10 Å². The summed E-state index contributed by atoms with van der Waals surface area (Å²) < 4.78 is 3.27. The summed E-state index contributed by atoms with van der Waals surface area (Å²) >= 11 is 0. The van der Waals surface area contributed by atoms with Gasteiger partial charge in [-0.3, -0.25) is 9.13 Å². The molecule has 116 valence electrons. The molecule has 2 aromatic rings. The Morgan fingerprint density at radius 1 is 1.05 bits per heavy atom. The number of aliphatic hydroxyl groups excluding tert-OH is 1. The lowest BCUT2D eigenvalue weighted by Crippen LogP contribution is -2.19. The van der Waals surface area contributed by atoms with Crippen molar-refractivity contribution in [2.75, 3.05) is 0 Å². The third-order valence-corrected chi connectivity index (χ3v) is 4.26. The predicted molar refractivity (Wildman–Crippen MR) is 86.5 cm³/mol. The maximum atomic E-state index is 11.9. The molecule has 0 radical (unpaired) electrons. The number of rotatable bonds is 7. The maximum Gasteiger partial charge on any atom is 0.328 e. The summed E-state index contributed by atoms with van der Waals surface area (Å²) in [5.74, 6) is 0. The zero-order valence-corrected chi connectivity index (χ0v) is 13.3. The van der Waals surface area contributed by atoms with Crippen LogP contribution in [0.5, 0.6) is 0 Å². The van der Waals surface area contributed by atoms with Gasteiger partial charge in [-0.15, -0.1) is 0 Å². The van der Waals surface area contributed by atoms with E-state index in [1.54, 1.807) is 23.2 Å². The van der Waals surface area contributed by atoms with Crippen molar-refractivity contribution in [3.05, 3.63) is 34.2 Å². The van der Waals surface area contributed by atoms with Gasteiger partial charge in [0, 0.05) is 14.1 Å². The van der Waals surface area contributed by atoms with Gasteiger partial charge in [-0.25, -0.2) is 4.79 Å². The average molecular weight is 290 g/mol. The molecule has 0 fully saturated rings. The van der Waals surface area contributed by atoms with Gasteiger partial charge in [-0.2, -0.15) is 0 Å². The molecule has 4 heteroatoms. The number of imidazole rings is 1. The number of aryl methyl sites for hydroxylation is 2. The molecule has 4 nitrogen and oxygen atoms in total. The van der Waals surface area contributed by atoms with E-state index in [0.717, 1.165) is 29.4 Å². The van der Waals surface area contributed by atoms with E-state index in [0.29, 0.717) is 0 Å². The molecule has 0 saturated carbocycles. The topological polar surface area (TPSA) is 47.2 Å². The van der Waals surface area contributed by atoms with Crippen molar-refractivity contribution in [3.8, 4) is 0 Å². The number of hydrogen-bond acceptors (Lipinski definition) is 2. The van der Waals surface area contributed by atoms with Crippen molar-refractivity contribution in [1.82, 2.24) is 9.13 Å². The summed E-state index contributed by atoms with van der Waals surface area (Å²) in [6, 6.07) is 5.79. The van der Waals surface area contributed by atoms with E-state index in [-0.39, 0.29) is 5.69 Å². The van der Waals surface area contributed by atoms with Crippen molar-refractivity contribution in [1.29, 1.82) is 0 Å². The van der Waals surface area contributed by atoms with Crippen LogP contribution in [0.25, 0.3) is 11.0 Å². The zero-order chi connectivity index (χ0) is 15.4. The summed E-state index contributed by atoms with van der Waals surface area (Å²) in [5.41, 5.74) is 2.65. The van der Waals surface area contributed by atoms with Gasteiger partial charge in [0.15, 0.2) is 0 Å². The Bertz CT molecular complexity index is 655. The lowest BCUT2D eigenvalue weighted by molar-refractivity contribution is 0.163. The van der Waals surface area contributed by atoms with Gasteiger partial charge in [0.25, 0.3) is 0 Å². The van der Waals surface area contributed by atoms with Crippen molar-refractivity contribution in [3.63, 3.8) is 0 Å². The number of fused-ring (bicyclic) bond motifs is 1. The Balaban J connectivity index is 2.08. The first-order valence-corrected chi connectivity index (χ1v) is 7.89. The van der Waals surface area contributed by atoms with E-state index in [1.807, 2.05) is 18.2 Å². The number of aromatic nitrogens is 2. The van der Waals surface area contributed by atoms with Crippen molar-refractivity contribution in [2.45, 2.75) is 51.6 Å². The van der Waals surface area contributed by atoms with E-state index in [1.165, 1.54) is 25.7 Å². The minimum Gasteiger partial charge on any atom is -0.388 e. The lowest BCUT2D eigenvalue weighted by Gasteiger charge is -2.11. The minimum atomic E-state index is -0.439. The molecule has 0 aliphatic carbocycles. The molecule has 1 atom stereocenters. The van der Waals surface area contributed by atoms with E-state index in [2.05, 4.69) is 6.92 Å². The molecule has 1 aromatic carbocycles. The fourth-order valence-corrected chi connectivity index (χ4v) is 2.84. The van der Waals surface area contributed by atoms with Crippen LogP contribution >= 0.6 is 0 Å². The summed E-state index contributed by atoms with van der Waals surface area (Å²) in [7, 11) is 3.54. The third kappa shape index (κ3) is 3.38. The predicted octanol–water partition coefficient (Wildman–Crippen LogP) is 3.27. The highest BCUT2D eigenvalue weighted by Crippen LogP contribution is 2.23. The molecule has 0 saturated heterocycles. The molecule has 0 bridgehead atoms. The van der Waals surface area contributed by atoms with E-state index in [9.17, 15) is 9.90 Å². The normalized spacial score (nSPS) is 13.0. The van der Waals surface area contributed by atoms with Crippen LogP contribution in [0.1, 0.15) is 57.1 Å². The van der Waals surface area contributed by atoms with Crippen LogP contribution in [0.15, 0.2) is 23.0 Å². The number of aliphatic hydroxyl groups is 1. The van der Waals surface area contributed by atoms with Gasteiger partial charge in [-0.05, 0) is 24.1 Å². The molecule has 21 heavy (non-hydrogen) atoms. The number of nitrogens with zero attached hydrogens (tertiary/aromatic N) is 2. The second kappa shape index (κ2) is 6.94. The maximum absolute atomic E-state index is 11.9. The molecule has 0 spiro atoms. The SMILES string of the molecule is CCCCCCCC(O)c1ccc2c(c1)n(C)c(=O)n2C. The third-order valence-electron chi connectivity index (χ3n) is 4.26. The highest BCUT2D eigenvalue weighted by Gasteiger charge is 2.12. The van der Waals surface area contributed by atoms with Crippen molar-refractivity contribution in [2.24, 2.45) is 14.1 Å². The highest BCUT2D eigenvalue weighted by atomic mass is 16.3. The molecule has 0 amide bonds. The van der Waals surface area contributed by atoms with Gasteiger partial charge in [0.2, 0.25) is 0 Å². The summed E-state index contributed by atoms with van der Waals surface area (Å²) in [6.45, 7) is 2.20. The fourth-order valence-electron chi connectivity index (χ4n) is 2.84. The molecule has 0 aliphatic heterocycles. The van der Waals surface area contributed by atoms with Crippen LogP contribution in [0.4, 0.5) is 0 Å². The molecular weight excluding hydrogens is 264 g/mol. The molecular formula is C17H26N2O2. The Kier molecular flexibility index (Phi) is 5.23. The number of benzene rings is 1. The molecule has 0 aliphatic rings. The molecule has 1 heterocycles. The summed E-state index contributed by atoms with van der Waals surface area (Å²) in [6.07, 6.45) is 6.33. The van der Waals surface area contributed by atoms with Crippen molar-refractivity contribution < 1.29 is 5.11 Å². The first-order valence-electron chi connectivity index (χ1n) is 7.89. The van der Waals surface area contributed by atoms with Crippen LogP contribution in [-0.4, -0.2) is 14.2 Å². The first-order chi connectivity index (χ1) is 10.1. The highest BCUT2D eigenvalue weighted by molar-refractivity contribution is 5.76. The molecule has 1 N–H and O–H groups in total. The zero-order valence-electron chi connectivity index (χ0n) is 13.3. The van der Waals surface area contributed by atoms with Gasteiger partial charge in [0.1, 0.15) is 0 Å². The second-order valence-electron chi connectivity index (χ2n) is 5.87. The Hall–Kier alpha value is -1.55. The molecule has 1 unspecified atom stereocenters. The largest absolute Gasteiger partial charge is 0.388 e. The van der Waals surface area contributed by atoms with Gasteiger partial charge in [0.05, 0.1) is 17.1 Å². The van der Waals surface area contributed by atoms with E-state index >= 15 is 0 Å². The van der Waals surface area contributed by atoms with Gasteiger partial charge in [-0.1, -0.05) is 45.1 Å². The standard InChI is InChI=1S/C17H26N2O2/c1-4-5-6-7-8-9-16(20)13-10-11-14-15(12-13)19(3)17(21)18(14)2/h10-12,16,20H,4-9H2,1-3H3. The van der Waals surface area contributed by atoms with Crippen LogP contribution in [0.2, 0.25) is 0 Å². The first kappa shape index (κ1) is 15.8. The second-order valence-corrected chi connectivity index (χ2v) is 5.87. The van der Waals surface area contributed by atoms with Crippen LogP contribution in [-0.2, 0) is 14.1 Å². The van der Waals surface area contributed by atoms with Gasteiger partial charge < -0.3 is 5.11 Å². The Morgan fingerprint density at radius 2 is 1.71 bits per heavy atom. The molecule has 2 rings (SSSR count). The van der Waals surface area contributed by atoms with Crippen LogP contribution < -0.4 is 5.69 Å². The minimum absolute atomic E-state index is 0.0313. The molecule has 1 aromatic heterocycles. The van der Waals surface area contributed by atoms with Crippen LogP contribution in [0, 0.1) is 0 Å². The Morgan fingerprint density at radius 3 is 2.43 bits per heavy atom. The summed E-state index contributed by atoms with van der Waals surface area (Å²) in [4.78, 5) is 11.9.